The Bertz CT molecular complexity index is 320. The molecule has 88 valence electrons. The van der Waals surface area contributed by atoms with Gasteiger partial charge in [0.1, 0.15) is 9.45 Å². The van der Waals surface area contributed by atoms with Crippen molar-refractivity contribution in [2.24, 2.45) is 0 Å². The third-order valence-corrected chi connectivity index (χ3v) is 3.72. The van der Waals surface area contributed by atoms with Crippen LogP contribution in [-0.2, 0) is 0 Å². The van der Waals surface area contributed by atoms with Crippen LogP contribution in [0.15, 0.2) is 18.3 Å². The quantitative estimate of drug-likeness (QED) is 0.682. The molecule has 0 radical (unpaired) electrons. The Hall–Kier alpha value is -0.360. The zero-order valence-corrected chi connectivity index (χ0v) is 11.6. The van der Waals surface area contributed by atoms with Gasteiger partial charge < -0.3 is 10.1 Å². The normalized spacial score (nSPS) is 25.4. The molecule has 1 heterocycles. The van der Waals surface area contributed by atoms with Crippen LogP contribution in [0, 0.1) is 3.70 Å². The highest BCUT2D eigenvalue weighted by Gasteiger charge is 2.21. The van der Waals surface area contributed by atoms with E-state index in [1.807, 2.05) is 25.4 Å². The molecule has 3 nitrogen and oxygen atoms in total. The Morgan fingerprint density at radius 3 is 2.62 bits per heavy atom. The van der Waals surface area contributed by atoms with E-state index in [1.165, 1.54) is 12.8 Å². The molecule has 0 bridgehead atoms. The van der Waals surface area contributed by atoms with E-state index in [1.54, 1.807) is 0 Å². The highest BCUT2D eigenvalue weighted by atomic mass is 127. The van der Waals surface area contributed by atoms with E-state index in [4.69, 9.17) is 4.74 Å². The summed E-state index contributed by atoms with van der Waals surface area (Å²) in [5, 5.41) is 3.33. The largest absolute Gasteiger partial charge is 0.489 e. The van der Waals surface area contributed by atoms with Crippen molar-refractivity contribution in [1.29, 1.82) is 0 Å². The van der Waals surface area contributed by atoms with Gasteiger partial charge in [-0.3, -0.25) is 0 Å². The summed E-state index contributed by atoms with van der Waals surface area (Å²) < 4.78 is 6.91. The number of halogens is 1. The molecule has 0 amide bonds. The smallest absolute Gasteiger partial charge is 0.138 e. The summed E-state index contributed by atoms with van der Waals surface area (Å²) in [6.07, 6.45) is 6.87. The van der Waals surface area contributed by atoms with Crippen LogP contribution in [0.4, 0.5) is 0 Å². The number of pyridine rings is 1. The van der Waals surface area contributed by atoms with Gasteiger partial charge in [-0.1, -0.05) is 0 Å². The van der Waals surface area contributed by atoms with Gasteiger partial charge in [-0.25, -0.2) is 4.98 Å². The third-order valence-electron chi connectivity index (χ3n) is 3.09. The van der Waals surface area contributed by atoms with Crippen LogP contribution in [-0.4, -0.2) is 24.2 Å². The second-order valence-electron chi connectivity index (χ2n) is 4.20. The van der Waals surface area contributed by atoms with Crippen molar-refractivity contribution in [2.45, 2.75) is 37.8 Å². The summed E-state index contributed by atoms with van der Waals surface area (Å²) in [4.78, 5) is 4.23. The molecule has 1 fully saturated rings. The molecule has 0 aromatic carbocycles. The van der Waals surface area contributed by atoms with Gasteiger partial charge in [0.25, 0.3) is 0 Å². The van der Waals surface area contributed by atoms with Crippen LogP contribution < -0.4 is 10.1 Å². The van der Waals surface area contributed by atoms with Crippen molar-refractivity contribution >= 4 is 22.6 Å². The van der Waals surface area contributed by atoms with Crippen LogP contribution in [0.5, 0.6) is 5.75 Å². The predicted octanol–water partition coefficient (Wildman–Crippen LogP) is 2.60. The first kappa shape index (κ1) is 12.1. The molecule has 4 heteroatoms. The Kier molecular flexibility index (Phi) is 4.40. The lowest BCUT2D eigenvalue weighted by atomic mass is 9.93. The van der Waals surface area contributed by atoms with Gasteiger partial charge in [0, 0.05) is 6.04 Å². The van der Waals surface area contributed by atoms with Crippen molar-refractivity contribution in [3.8, 4) is 5.75 Å². The summed E-state index contributed by atoms with van der Waals surface area (Å²) >= 11 is 2.20. The molecule has 1 aromatic heterocycles. The monoisotopic (exact) mass is 332 g/mol. The van der Waals surface area contributed by atoms with Crippen molar-refractivity contribution in [1.82, 2.24) is 10.3 Å². The fourth-order valence-corrected chi connectivity index (χ4v) is 2.41. The molecular weight excluding hydrogens is 315 g/mol. The minimum Gasteiger partial charge on any atom is -0.489 e. The topological polar surface area (TPSA) is 34.1 Å². The molecular formula is C12H17IN2O. The maximum atomic E-state index is 5.91. The van der Waals surface area contributed by atoms with Gasteiger partial charge in [0.05, 0.1) is 12.3 Å². The van der Waals surface area contributed by atoms with Gasteiger partial charge in [0.2, 0.25) is 0 Å². The predicted molar refractivity (Wildman–Crippen MR) is 72.7 cm³/mol. The van der Waals surface area contributed by atoms with E-state index in [2.05, 4.69) is 32.9 Å². The summed E-state index contributed by atoms with van der Waals surface area (Å²) in [7, 11) is 2.04. The van der Waals surface area contributed by atoms with Crippen molar-refractivity contribution < 1.29 is 4.74 Å². The molecule has 0 unspecified atom stereocenters. The van der Waals surface area contributed by atoms with Gasteiger partial charge in [-0.05, 0) is 67.5 Å². The molecule has 1 saturated carbocycles. The van der Waals surface area contributed by atoms with E-state index in [0.29, 0.717) is 12.1 Å². The van der Waals surface area contributed by atoms with Crippen LogP contribution in [0.2, 0.25) is 0 Å². The number of aromatic nitrogens is 1. The molecule has 1 N–H and O–H groups in total. The van der Waals surface area contributed by atoms with Crippen molar-refractivity contribution in [2.75, 3.05) is 7.05 Å². The van der Waals surface area contributed by atoms with Gasteiger partial charge in [0.15, 0.2) is 0 Å². The Morgan fingerprint density at radius 1 is 1.31 bits per heavy atom. The number of nitrogens with one attached hydrogen (secondary N) is 1. The SMILES string of the molecule is CN[C@H]1CC[C@@H](Oc2ccc(I)nc2)CC1. The second kappa shape index (κ2) is 5.82. The highest BCUT2D eigenvalue weighted by molar-refractivity contribution is 14.1. The Balaban J connectivity index is 1.84. The van der Waals surface area contributed by atoms with Gasteiger partial charge >= 0.3 is 0 Å². The summed E-state index contributed by atoms with van der Waals surface area (Å²) in [6, 6.07) is 4.66. The first-order chi connectivity index (χ1) is 7.78. The number of ether oxygens (including phenoxy) is 1. The molecule has 1 aliphatic carbocycles. The fraction of sp³-hybridized carbons (Fsp3) is 0.583. The minimum absolute atomic E-state index is 0.367. The summed E-state index contributed by atoms with van der Waals surface area (Å²) in [6.45, 7) is 0. The van der Waals surface area contributed by atoms with Crippen LogP contribution in [0.1, 0.15) is 25.7 Å². The molecule has 1 aliphatic rings. The molecule has 0 atom stereocenters. The van der Waals surface area contributed by atoms with Crippen LogP contribution in [0.3, 0.4) is 0 Å². The van der Waals surface area contributed by atoms with E-state index in [-0.39, 0.29) is 0 Å². The Labute approximate surface area is 110 Å². The minimum atomic E-state index is 0.367. The lowest BCUT2D eigenvalue weighted by molar-refractivity contribution is 0.141. The van der Waals surface area contributed by atoms with E-state index < -0.39 is 0 Å². The maximum Gasteiger partial charge on any atom is 0.138 e. The van der Waals surface area contributed by atoms with Gasteiger partial charge in [-0.15, -0.1) is 0 Å². The lowest BCUT2D eigenvalue weighted by Gasteiger charge is -2.28. The summed E-state index contributed by atoms with van der Waals surface area (Å²) in [5.74, 6) is 0.897. The van der Waals surface area contributed by atoms with Crippen LogP contribution >= 0.6 is 22.6 Å². The average Bonchev–Trinajstić information content (AvgIpc) is 2.33. The zero-order valence-electron chi connectivity index (χ0n) is 9.45. The van der Waals surface area contributed by atoms with E-state index >= 15 is 0 Å². The van der Waals surface area contributed by atoms with E-state index in [0.717, 1.165) is 22.3 Å². The molecule has 0 spiro atoms. The molecule has 2 rings (SSSR count). The molecule has 16 heavy (non-hydrogen) atoms. The fourth-order valence-electron chi connectivity index (χ4n) is 2.09. The highest BCUT2D eigenvalue weighted by Crippen LogP contribution is 2.23. The third kappa shape index (κ3) is 3.31. The van der Waals surface area contributed by atoms with Crippen molar-refractivity contribution in [3.63, 3.8) is 0 Å². The molecule has 0 saturated heterocycles. The first-order valence-electron chi connectivity index (χ1n) is 5.73. The number of hydrogen-bond acceptors (Lipinski definition) is 3. The number of rotatable bonds is 3. The molecule has 1 aromatic rings. The second-order valence-corrected chi connectivity index (χ2v) is 5.30. The number of hydrogen-bond donors (Lipinski definition) is 1. The zero-order chi connectivity index (χ0) is 11.4. The standard InChI is InChI=1S/C12H17IN2O/c1-14-9-2-4-10(5-3-9)16-11-6-7-12(13)15-8-11/h6-10,14H,2-5H2,1H3/t9-,10+. The van der Waals surface area contributed by atoms with Crippen molar-refractivity contribution in [3.05, 3.63) is 22.0 Å². The summed E-state index contributed by atoms with van der Waals surface area (Å²) in [5.41, 5.74) is 0. The Morgan fingerprint density at radius 2 is 2.06 bits per heavy atom. The van der Waals surface area contributed by atoms with Crippen LogP contribution in [0.25, 0.3) is 0 Å². The van der Waals surface area contributed by atoms with Gasteiger partial charge in [-0.2, -0.15) is 0 Å². The lowest BCUT2D eigenvalue weighted by Crippen LogP contribution is -2.34. The average molecular weight is 332 g/mol. The molecule has 0 aliphatic heterocycles. The number of nitrogens with zero attached hydrogens (tertiary/aromatic N) is 1. The van der Waals surface area contributed by atoms with E-state index in [9.17, 15) is 0 Å². The maximum absolute atomic E-state index is 5.91. The first-order valence-corrected chi connectivity index (χ1v) is 6.81.